The maximum Gasteiger partial charge on any atom is 0.171 e. The molecule has 0 aliphatic heterocycles. The number of unbranched alkanes of at least 4 members (excludes halogenated alkanes) is 9. The van der Waals surface area contributed by atoms with E-state index in [1.54, 1.807) is 0 Å². The van der Waals surface area contributed by atoms with E-state index in [1.807, 2.05) is 0 Å². The molecule has 1 N–H and O–H groups in total. The van der Waals surface area contributed by atoms with E-state index >= 15 is 0 Å². The van der Waals surface area contributed by atoms with Crippen molar-refractivity contribution < 1.29 is 9.67 Å². The molecule has 0 fully saturated rings. The first-order valence-corrected chi connectivity index (χ1v) is 8.39. The van der Waals surface area contributed by atoms with Gasteiger partial charge in [-0.25, -0.2) is 4.57 Å². The van der Waals surface area contributed by atoms with Crippen molar-refractivity contribution in [2.24, 2.45) is 0 Å². The van der Waals surface area contributed by atoms with E-state index in [4.69, 9.17) is 5.11 Å². The summed E-state index contributed by atoms with van der Waals surface area (Å²) in [4.78, 5) is 0. The molecule has 0 atom stereocenters. The zero-order chi connectivity index (χ0) is 14.5. The van der Waals surface area contributed by atoms with Gasteiger partial charge in [-0.3, -0.25) is 0 Å². The molecule has 0 spiro atoms. The molecule has 0 radical (unpaired) electrons. The average Bonchev–Trinajstić information content (AvgIpc) is 2.45. The molecule has 0 aromatic carbocycles. The Morgan fingerprint density at radius 2 is 1.40 bits per heavy atom. The zero-order valence-corrected chi connectivity index (χ0v) is 13.2. The Morgan fingerprint density at radius 3 is 1.95 bits per heavy atom. The second kappa shape index (κ2) is 11.9. The fourth-order valence-corrected chi connectivity index (χ4v) is 2.61. The monoisotopic (exact) mass is 278 g/mol. The van der Waals surface area contributed by atoms with E-state index in [9.17, 15) is 0 Å². The fraction of sp³-hybridized carbons (Fsp3) is 0.722. The number of aliphatic hydroxyl groups excluding tert-OH is 1. The van der Waals surface area contributed by atoms with E-state index in [2.05, 4.69) is 36.0 Å². The van der Waals surface area contributed by atoms with E-state index in [1.165, 1.54) is 63.4 Å². The van der Waals surface area contributed by atoms with Gasteiger partial charge in [0.05, 0.1) is 0 Å². The Kier molecular flexibility index (Phi) is 10.2. The van der Waals surface area contributed by atoms with E-state index < -0.39 is 0 Å². The average molecular weight is 278 g/mol. The van der Waals surface area contributed by atoms with Gasteiger partial charge >= 0.3 is 0 Å². The lowest BCUT2D eigenvalue weighted by atomic mass is 10.1. The molecule has 0 saturated carbocycles. The number of pyridine rings is 1. The molecule has 1 aromatic rings. The number of aromatic nitrogens is 1. The predicted octanol–water partition coefficient (Wildman–Crippen LogP) is 4.18. The van der Waals surface area contributed by atoms with Crippen molar-refractivity contribution in [1.82, 2.24) is 0 Å². The molecule has 1 heterocycles. The highest BCUT2D eigenvalue weighted by atomic mass is 16.2. The first-order valence-electron chi connectivity index (χ1n) is 8.39. The van der Waals surface area contributed by atoms with Crippen LogP contribution in [0, 0.1) is 6.92 Å². The van der Waals surface area contributed by atoms with Crippen molar-refractivity contribution in [2.45, 2.75) is 77.7 Å². The first kappa shape index (κ1) is 17.2. The molecule has 20 heavy (non-hydrogen) atoms. The minimum Gasteiger partial charge on any atom is -0.396 e. The van der Waals surface area contributed by atoms with Crippen LogP contribution in [-0.4, -0.2) is 11.7 Å². The Labute approximate surface area is 124 Å². The van der Waals surface area contributed by atoms with Crippen LogP contribution in [0.15, 0.2) is 24.5 Å². The first-order chi connectivity index (χ1) is 9.83. The maximum atomic E-state index is 8.69. The van der Waals surface area contributed by atoms with Crippen molar-refractivity contribution in [3.05, 3.63) is 30.1 Å². The second-order valence-electron chi connectivity index (χ2n) is 5.88. The predicted molar refractivity (Wildman–Crippen MR) is 84.6 cm³/mol. The molecule has 2 heteroatoms. The lowest BCUT2D eigenvalue weighted by Crippen LogP contribution is -2.32. The van der Waals surface area contributed by atoms with Crippen molar-refractivity contribution in [3.63, 3.8) is 0 Å². The van der Waals surface area contributed by atoms with Crippen LogP contribution in [0.5, 0.6) is 0 Å². The minimum atomic E-state index is 0.360. The van der Waals surface area contributed by atoms with Crippen molar-refractivity contribution in [1.29, 1.82) is 0 Å². The molecule has 0 amide bonds. The molecule has 1 rings (SSSR count). The van der Waals surface area contributed by atoms with Crippen LogP contribution in [0.2, 0.25) is 0 Å². The molecular formula is C18H32NO+. The third kappa shape index (κ3) is 9.08. The van der Waals surface area contributed by atoms with E-state index in [0.29, 0.717) is 6.61 Å². The summed E-state index contributed by atoms with van der Waals surface area (Å²) in [6.45, 7) is 3.67. The van der Waals surface area contributed by atoms with Gasteiger partial charge in [-0.1, -0.05) is 44.9 Å². The highest BCUT2D eigenvalue weighted by Gasteiger charge is 1.99. The van der Waals surface area contributed by atoms with Crippen LogP contribution < -0.4 is 4.57 Å². The number of hydrogen-bond donors (Lipinski definition) is 1. The van der Waals surface area contributed by atoms with Crippen LogP contribution >= 0.6 is 0 Å². The van der Waals surface area contributed by atoms with Gasteiger partial charge in [0.25, 0.3) is 0 Å². The Balaban J connectivity index is 1.85. The van der Waals surface area contributed by atoms with Crippen LogP contribution in [0.4, 0.5) is 0 Å². The summed E-state index contributed by atoms with van der Waals surface area (Å²) in [5, 5.41) is 8.69. The van der Waals surface area contributed by atoms with Gasteiger partial charge in [-0.05, 0) is 25.8 Å². The molecule has 0 saturated heterocycles. The van der Waals surface area contributed by atoms with Gasteiger partial charge in [0.2, 0.25) is 0 Å². The van der Waals surface area contributed by atoms with Crippen LogP contribution in [-0.2, 0) is 6.54 Å². The summed E-state index contributed by atoms with van der Waals surface area (Å²) in [6, 6.07) is 4.28. The maximum absolute atomic E-state index is 8.69. The van der Waals surface area contributed by atoms with Gasteiger partial charge in [0, 0.05) is 24.7 Å². The molecule has 0 unspecified atom stereocenters. The molecule has 2 nitrogen and oxygen atoms in total. The van der Waals surface area contributed by atoms with Gasteiger partial charge in [-0.2, -0.15) is 0 Å². The van der Waals surface area contributed by atoms with Gasteiger partial charge in [0.1, 0.15) is 6.54 Å². The number of aryl methyl sites for hydroxylation is 2. The molecular weight excluding hydrogens is 246 g/mol. The van der Waals surface area contributed by atoms with Crippen molar-refractivity contribution in [2.75, 3.05) is 6.61 Å². The highest BCUT2D eigenvalue weighted by molar-refractivity contribution is 5.01. The van der Waals surface area contributed by atoms with E-state index in [-0.39, 0.29) is 0 Å². The topological polar surface area (TPSA) is 24.1 Å². The van der Waals surface area contributed by atoms with Gasteiger partial charge < -0.3 is 5.11 Å². The highest BCUT2D eigenvalue weighted by Crippen LogP contribution is 2.10. The summed E-state index contributed by atoms with van der Waals surface area (Å²) in [6.07, 6.45) is 17.4. The Bertz CT molecular complexity index is 338. The zero-order valence-electron chi connectivity index (χ0n) is 13.2. The Morgan fingerprint density at radius 1 is 0.850 bits per heavy atom. The lowest BCUT2D eigenvalue weighted by molar-refractivity contribution is -0.697. The molecule has 1 aromatic heterocycles. The number of aliphatic hydroxyl groups is 1. The van der Waals surface area contributed by atoms with Crippen LogP contribution in [0.1, 0.15) is 69.8 Å². The summed E-state index contributed by atoms with van der Waals surface area (Å²) >= 11 is 0. The van der Waals surface area contributed by atoms with Crippen LogP contribution in [0.3, 0.4) is 0 Å². The van der Waals surface area contributed by atoms with Crippen LogP contribution in [0.25, 0.3) is 0 Å². The third-order valence-electron chi connectivity index (χ3n) is 3.83. The third-order valence-corrected chi connectivity index (χ3v) is 3.83. The molecule has 0 aliphatic carbocycles. The van der Waals surface area contributed by atoms with Crippen molar-refractivity contribution >= 4 is 0 Å². The minimum absolute atomic E-state index is 0.360. The number of rotatable bonds is 12. The van der Waals surface area contributed by atoms with Gasteiger partial charge in [-0.15, -0.1) is 0 Å². The normalized spacial score (nSPS) is 10.9. The fourth-order valence-electron chi connectivity index (χ4n) is 2.61. The molecule has 114 valence electrons. The SMILES string of the molecule is Cc1ccc[n+](CCCCCCCCCCCCO)c1. The second-order valence-corrected chi connectivity index (χ2v) is 5.88. The largest absolute Gasteiger partial charge is 0.396 e. The standard InChI is InChI=1S/C18H32NO/c1-18-13-12-15-19(17-18)14-10-8-6-4-2-3-5-7-9-11-16-20/h12-13,15,17,20H,2-11,14,16H2,1H3/q+1. The number of nitrogens with zero attached hydrogens (tertiary/aromatic N) is 1. The summed E-state index contributed by atoms with van der Waals surface area (Å²) < 4.78 is 2.30. The smallest absolute Gasteiger partial charge is 0.171 e. The number of hydrogen-bond acceptors (Lipinski definition) is 1. The molecule has 0 bridgehead atoms. The quantitative estimate of drug-likeness (QED) is 0.450. The van der Waals surface area contributed by atoms with Gasteiger partial charge in [0.15, 0.2) is 12.4 Å². The summed E-state index contributed by atoms with van der Waals surface area (Å²) in [5.74, 6) is 0. The molecule has 0 aliphatic rings. The summed E-state index contributed by atoms with van der Waals surface area (Å²) in [7, 11) is 0. The van der Waals surface area contributed by atoms with E-state index in [0.717, 1.165) is 13.0 Å². The summed E-state index contributed by atoms with van der Waals surface area (Å²) in [5.41, 5.74) is 1.34. The Hall–Kier alpha value is -0.890. The van der Waals surface area contributed by atoms with Crippen molar-refractivity contribution in [3.8, 4) is 0 Å². The lowest BCUT2D eigenvalue weighted by Gasteiger charge is -2.02.